The lowest BCUT2D eigenvalue weighted by Crippen LogP contribution is -2.43. The van der Waals surface area contributed by atoms with Gasteiger partial charge in [-0.3, -0.25) is 4.79 Å². The molecule has 1 fully saturated rings. The number of hydrogen-bond donors (Lipinski definition) is 0. The number of rotatable bonds is 2. The van der Waals surface area contributed by atoms with Gasteiger partial charge in [0.05, 0.1) is 13.2 Å². The molecule has 0 aromatic carbocycles. The van der Waals surface area contributed by atoms with Crippen LogP contribution in [0.2, 0.25) is 0 Å². The van der Waals surface area contributed by atoms with Gasteiger partial charge in [-0.15, -0.1) is 0 Å². The Bertz CT molecular complexity index is 441. The Hall–Kier alpha value is -1.80. The van der Waals surface area contributed by atoms with Crippen LogP contribution < -0.4 is 0 Å². The van der Waals surface area contributed by atoms with E-state index in [1.807, 2.05) is 6.92 Å². The van der Waals surface area contributed by atoms with E-state index in [4.69, 9.17) is 10.00 Å². The second kappa shape index (κ2) is 5.02. The van der Waals surface area contributed by atoms with Crippen molar-refractivity contribution in [3.63, 3.8) is 0 Å². The maximum absolute atomic E-state index is 12.2. The number of nitriles is 1. The molecule has 0 N–H and O–H groups in total. The van der Waals surface area contributed by atoms with Crippen LogP contribution in [-0.4, -0.2) is 41.7 Å². The number of ether oxygens (including phenoxy) is 1. The van der Waals surface area contributed by atoms with E-state index in [-0.39, 0.29) is 11.9 Å². The summed E-state index contributed by atoms with van der Waals surface area (Å²) in [6.07, 6.45) is 1.77. The Labute approximate surface area is 100 Å². The first-order chi connectivity index (χ1) is 8.24. The summed E-state index contributed by atoms with van der Waals surface area (Å²) >= 11 is 0. The summed E-state index contributed by atoms with van der Waals surface area (Å²) < 4.78 is 6.92. The highest BCUT2D eigenvalue weighted by Crippen LogP contribution is 2.14. The van der Waals surface area contributed by atoms with E-state index in [9.17, 15) is 4.79 Å². The molecule has 1 aromatic heterocycles. The third kappa shape index (κ3) is 2.32. The fourth-order valence-corrected chi connectivity index (χ4v) is 1.99. The van der Waals surface area contributed by atoms with Crippen molar-refractivity contribution >= 4 is 5.91 Å². The third-order valence-electron chi connectivity index (χ3n) is 2.99. The molecule has 2 rings (SSSR count). The first-order valence-corrected chi connectivity index (χ1v) is 5.67. The molecule has 1 atom stereocenters. The van der Waals surface area contributed by atoms with E-state index in [0.29, 0.717) is 32.0 Å². The standard InChI is InChI=1S/C12H15N3O2/c1-10(15-4-2-3-11(15)9-13)12(16)14-5-7-17-8-6-14/h2-4,10H,5-8H2,1H3. The summed E-state index contributed by atoms with van der Waals surface area (Å²) in [5.41, 5.74) is 0.513. The minimum atomic E-state index is -0.335. The molecule has 5 nitrogen and oxygen atoms in total. The SMILES string of the molecule is CC(C(=O)N1CCOCC1)n1cccc1C#N. The Morgan fingerprint density at radius 1 is 1.53 bits per heavy atom. The molecule has 5 heteroatoms. The Morgan fingerprint density at radius 2 is 2.24 bits per heavy atom. The molecule has 0 aliphatic carbocycles. The van der Waals surface area contributed by atoms with Gasteiger partial charge in [-0.1, -0.05) is 0 Å². The summed E-state index contributed by atoms with van der Waals surface area (Å²) in [6.45, 7) is 4.27. The normalized spacial score (nSPS) is 17.5. The molecule has 1 unspecified atom stereocenters. The molecule has 0 saturated carbocycles. The van der Waals surface area contributed by atoms with Crippen molar-refractivity contribution < 1.29 is 9.53 Å². The Balaban J connectivity index is 2.11. The van der Waals surface area contributed by atoms with Crippen molar-refractivity contribution in [2.45, 2.75) is 13.0 Å². The minimum absolute atomic E-state index is 0.0426. The maximum Gasteiger partial charge on any atom is 0.245 e. The van der Waals surface area contributed by atoms with Crippen LogP contribution in [0, 0.1) is 11.3 Å². The van der Waals surface area contributed by atoms with Gasteiger partial charge in [0, 0.05) is 19.3 Å². The lowest BCUT2D eigenvalue weighted by Gasteiger charge is -2.29. The molecule has 0 spiro atoms. The van der Waals surface area contributed by atoms with E-state index >= 15 is 0 Å². The topological polar surface area (TPSA) is 58.3 Å². The van der Waals surface area contributed by atoms with Gasteiger partial charge < -0.3 is 14.2 Å². The third-order valence-corrected chi connectivity index (χ3v) is 2.99. The predicted octanol–water partition coefficient (Wildman–Crippen LogP) is 0.780. The van der Waals surface area contributed by atoms with Crippen LogP contribution >= 0.6 is 0 Å². The number of carbonyl (C=O) groups is 1. The van der Waals surface area contributed by atoms with E-state index in [0.717, 1.165) is 0 Å². The van der Waals surface area contributed by atoms with Gasteiger partial charge in [-0.05, 0) is 19.1 Å². The number of nitrogens with zero attached hydrogens (tertiary/aromatic N) is 3. The number of aromatic nitrogens is 1. The maximum atomic E-state index is 12.2. The van der Waals surface area contributed by atoms with E-state index in [2.05, 4.69) is 6.07 Å². The first-order valence-electron chi connectivity index (χ1n) is 5.67. The number of hydrogen-bond acceptors (Lipinski definition) is 3. The van der Waals surface area contributed by atoms with E-state index in [1.165, 1.54) is 0 Å². The molecule has 2 heterocycles. The number of amides is 1. The summed E-state index contributed by atoms with van der Waals surface area (Å²) in [7, 11) is 0. The summed E-state index contributed by atoms with van der Waals surface area (Å²) in [6, 6.07) is 5.24. The quantitative estimate of drug-likeness (QED) is 0.758. The van der Waals surface area contributed by atoms with Crippen molar-refractivity contribution in [3.8, 4) is 6.07 Å². The van der Waals surface area contributed by atoms with Crippen molar-refractivity contribution in [3.05, 3.63) is 24.0 Å². The molecular formula is C12H15N3O2. The van der Waals surface area contributed by atoms with Crippen LogP contribution in [0.3, 0.4) is 0 Å². The highest BCUT2D eigenvalue weighted by molar-refractivity contribution is 5.80. The van der Waals surface area contributed by atoms with Crippen LogP contribution in [0.1, 0.15) is 18.7 Å². The van der Waals surface area contributed by atoms with Crippen LogP contribution in [0.4, 0.5) is 0 Å². The number of carbonyl (C=O) groups excluding carboxylic acids is 1. The Morgan fingerprint density at radius 3 is 2.88 bits per heavy atom. The molecule has 0 radical (unpaired) electrons. The smallest absolute Gasteiger partial charge is 0.245 e. The van der Waals surface area contributed by atoms with E-state index < -0.39 is 0 Å². The van der Waals surface area contributed by atoms with Gasteiger partial charge in [0.15, 0.2) is 0 Å². The predicted molar refractivity (Wildman–Crippen MR) is 61.3 cm³/mol. The summed E-state index contributed by atoms with van der Waals surface area (Å²) in [4.78, 5) is 14.0. The minimum Gasteiger partial charge on any atom is -0.378 e. The molecular weight excluding hydrogens is 218 g/mol. The van der Waals surface area contributed by atoms with E-state index in [1.54, 1.807) is 27.8 Å². The van der Waals surface area contributed by atoms with Gasteiger partial charge in [0.2, 0.25) is 5.91 Å². The molecule has 17 heavy (non-hydrogen) atoms. The van der Waals surface area contributed by atoms with Crippen LogP contribution in [0.15, 0.2) is 18.3 Å². The molecule has 1 aromatic rings. The van der Waals surface area contributed by atoms with Gasteiger partial charge in [-0.25, -0.2) is 0 Å². The Kier molecular flexibility index (Phi) is 3.45. The summed E-state index contributed by atoms with van der Waals surface area (Å²) in [5, 5.41) is 8.93. The molecule has 1 amide bonds. The van der Waals surface area contributed by atoms with Crippen molar-refractivity contribution in [2.75, 3.05) is 26.3 Å². The second-order valence-electron chi connectivity index (χ2n) is 4.03. The molecule has 90 valence electrons. The van der Waals surface area contributed by atoms with Crippen LogP contribution in [-0.2, 0) is 9.53 Å². The lowest BCUT2D eigenvalue weighted by atomic mass is 10.2. The molecule has 1 aliphatic heterocycles. The fraction of sp³-hybridized carbons (Fsp3) is 0.500. The van der Waals surface area contributed by atoms with Gasteiger partial charge in [0.25, 0.3) is 0 Å². The average molecular weight is 233 g/mol. The molecule has 1 saturated heterocycles. The van der Waals surface area contributed by atoms with Gasteiger partial charge in [0.1, 0.15) is 17.8 Å². The van der Waals surface area contributed by atoms with Crippen molar-refractivity contribution in [2.24, 2.45) is 0 Å². The lowest BCUT2D eigenvalue weighted by molar-refractivity contribution is -0.138. The fourth-order valence-electron chi connectivity index (χ4n) is 1.99. The molecule has 0 bridgehead atoms. The zero-order chi connectivity index (χ0) is 12.3. The van der Waals surface area contributed by atoms with Crippen LogP contribution in [0.25, 0.3) is 0 Å². The number of morpholine rings is 1. The summed E-state index contributed by atoms with van der Waals surface area (Å²) in [5.74, 6) is 0.0426. The highest BCUT2D eigenvalue weighted by Gasteiger charge is 2.24. The van der Waals surface area contributed by atoms with Gasteiger partial charge >= 0.3 is 0 Å². The molecule has 1 aliphatic rings. The van der Waals surface area contributed by atoms with Crippen molar-refractivity contribution in [1.29, 1.82) is 5.26 Å². The van der Waals surface area contributed by atoms with Gasteiger partial charge in [-0.2, -0.15) is 5.26 Å². The highest BCUT2D eigenvalue weighted by atomic mass is 16.5. The monoisotopic (exact) mass is 233 g/mol. The zero-order valence-electron chi connectivity index (χ0n) is 9.80. The van der Waals surface area contributed by atoms with Crippen LogP contribution in [0.5, 0.6) is 0 Å². The second-order valence-corrected chi connectivity index (χ2v) is 4.03. The largest absolute Gasteiger partial charge is 0.378 e. The first kappa shape index (κ1) is 11.7. The zero-order valence-corrected chi connectivity index (χ0v) is 9.80. The van der Waals surface area contributed by atoms with Crippen molar-refractivity contribution in [1.82, 2.24) is 9.47 Å². The average Bonchev–Trinajstić information content (AvgIpc) is 2.86.